The van der Waals surface area contributed by atoms with Gasteiger partial charge in [0.25, 0.3) is 0 Å². The van der Waals surface area contributed by atoms with Gasteiger partial charge in [-0.2, -0.15) is 4.37 Å². The second-order valence-electron chi connectivity index (χ2n) is 4.81. The van der Waals surface area contributed by atoms with Crippen molar-refractivity contribution in [3.63, 3.8) is 0 Å². The average Bonchev–Trinajstić information content (AvgIpc) is 2.80. The molecule has 0 atom stereocenters. The number of anilines is 1. The van der Waals surface area contributed by atoms with Crippen LogP contribution in [0.5, 0.6) is 0 Å². The Kier molecular flexibility index (Phi) is 7.94. The fourth-order valence-electron chi connectivity index (χ4n) is 1.39. The van der Waals surface area contributed by atoms with Gasteiger partial charge in [0.2, 0.25) is 0 Å². The van der Waals surface area contributed by atoms with Gasteiger partial charge in [0.05, 0.1) is 7.11 Å². The number of nitrogens with zero attached hydrogens (tertiary/aromatic N) is 1. The summed E-state index contributed by atoms with van der Waals surface area (Å²) in [6, 6.07) is 0. The Morgan fingerprint density at radius 2 is 1.86 bits per heavy atom. The number of ether oxygens (including phenoxy) is 2. The van der Waals surface area contributed by atoms with Crippen LogP contribution in [0.15, 0.2) is 0 Å². The van der Waals surface area contributed by atoms with Crippen LogP contribution >= 0.6 is 11.5 Å². The van der Waals surface area contributed by atoms with Crippen molar-refractivity contribution in [2.24, 2.45) is 0 Å². The smallest absolute Gasteiger partial charge is 0.413 e. The van der Waals surface area contributed by atoms with Crippen LogP contribution in [0.1, 0.15) is 56.8 Å². The number of methoxy groups -OCH3 is 1. The monoisotopic (exact) mass is 316 g/mol. The highest BCUT2D eigenvalue weighted by Gasteiger charge is 2.22. The Morgan fingerprint density at radius 3 is 2.29 bits per heavy atom. The molecule has 7 heteroatoms. The molecule has 6 nitrogen and oxygen atoms in total. The summed E-state index contributed by atoms with van der Waals surface area (Å²) < 4.78 is 13.9. The lowest BCUT2D eigenvalue weighted by atomic mass is 10.2. The average molecular weight is 316 g/mol. The van der Waals surface area contributed by atoms with E-state index in [2.05, 4.69) is 14.4 Å². The molecule has 0 fully saturated rings. The van der Waals surface area contributed by atoms with Gasteiger partial charge in [-0.1, -0.05) is 20.8 Å². The highest BCUT2D eigenvalue weighted by atomic mass is 32.1. The number of aromatic nitrogens is 1. The summed E-state index contributed by atoms with van der Waals surface area (Å²) in [5.41, 5.74) is 0.0696. The number of esters is 1. The number of rotatable bonds is 3. The summed E-state index contributed by atoms with van der Waals surface area (Å²) >= 11 is 0.999. The van der Waals surface area contributed by atoms with Crippen molar-refractivity contribution < 1.29 is 19.1 Å². The lowest BCUT2D eigenvalue weighted by molar-refractivity contribution is 0.0600. The standard InChI is InChI=1S/C12H18N2O4S.C2H6/c1-6-7-8(10(15)17-5)19-14-9(7)13-11(16)18-12(2,3)4;1-2/h6H2,1-5H3,(H,13,14,16);1-2H3. The van der Waals surface area contributed by atoms with Crippen LogP contribution in [0, 0.1) is 0 Å². The van der Waals surface area contributed by atoms with Crippen LogP contribution < -0.4 is 5.32 Å². The van der Waals surface area contributed by atoms with Crippen LogP contribution in [-0.2, 0) is 15.9 Å². The second kappa shape index (κ2) is 8.61. The molecule has 21 heavy (non-hydrogen) atoms. The first kappa shape index (κ1) is 19.4. The van der Waals surface area contributed by atoms with Crippen molar-refractivity contribution >= 4 is 29.4 Å². The molecule has 0 spiro atoms. The summed E-state index contributed by atoms with van der Waals surface area (Å²) in [5, 5.41) is 2.55. The van der Waals surface area contributed by atoms with Crippen LogP contribution in [0.2, 0.25) is 0 Å². The van der Waals surface area contributed by atoms with E-state index in [4.69, 9.17) is 4.74 Å². The van der Waals surface area contributed by atoms with Crippen molar-refractivity contribution in [2.75, 3.05) is 12.4 Å². The van der Waals surface area contributed by atoms with E-state index in [1.807, 2.05) is 20.8 Å². The minimum absolute atomic E-state index is 0.349. The highest BCUT2D eigenvalue weighted by molar-refractivity contribution is 7.08. The maximum absolute atomic E-state index is 11.7. The lowest BCUT2D eigenvalue weighted by Gasteiger charge is -2.19. The maximum Gasteiger partial charge on any atom is 0.413 e. The molecule has 120 valence electrons. The van der Waals surface area contributed by atoms with Gasteiger partial charge < -0.3 is 9.47 Å². The topological polar surface area (TPSA) is 77.5 Å². The van der Waals surface area contributed by atoms with Crippen LogP contribution in [0.25, 0.3) is 0 Å². The molecule has 1 aromatic heterocycles. The van der Waals surface area contributed by atoms with Gasteiger partial charge in [-0.25, -0.2) is 9.59 Å². The molecule has 0 bridgehead atoms. The summed E-state index contributed by atoms with van der Waals surface area (Å²) in [6.45, 7) is 11.2. The molecule has 1 rings (SSSR count). The summed E-state index contributed by atoms with van der Waals surface area (Å²) in [7, 11) is 1.31. The third-order valence-corrected chi connectivity index (χ3v) is 3.00. The van der Waals surface area contributed by atoms with Crippen LogP contribution in [-0.4, -0.2) is 29.1 Å². The van der Waals surface area contributed by atoms with Gasteiger partial charge in [-0.05, 0) is 38.7 Å². The van der Waals surface area contributed by atoms with Crippen molar-refractivity contribution in [3.05, 3.63) is 10.4 Å². The summed E-state index contributed by atoms with van der Waals surface area (Å²) in [6.07, 6.45) is -0.0320. The first-order chi connectivity index (χ1) is 9.78. The quantitative estimate of drug-likeness (QED) is 0.857. The SMILES string of the molecule is CC.CCc1c(NC(=O)OC(C)(C)C)nsc1C(=O)OC. The summed E-state index contributed by atoms with van der Waals surface area (Å²) in [4.78, 5) is 23.6. The van der Waals surface area contributed by atoms with Crippen LogP contribution in [0.4, 0.5) is 10.6 Å². The number of carbonyl (C=O) groups excluding carboxylic acids is 2. The van der Waals surface area contributed by atoms with E-state index in [1.165, 1.54) is 7.11 Å². The van der Waals surface area contributed by atoms with Gasteiger partial charge in [0.1, 0.15) is 10.5 Å². The molecule has 0 unspecified atom stereocenters. The van der Waals surface area contributed by atoms with Gasteiger partial charge in [0.15, 0.2) is 5.82 Å². The molecular formula is C14H24N2O4S. The van der Waals surface area contributed by atoms with E-state index in [0.29, 0.717) is 22.7 Å². The Bertz CT molecular complexity index is 478. The van der Waals surface area contributed by atoms with Crippen LogP contribution in [0.3, 0.4) is 0 Å². The predicted octanol–water partition coefficient (Wildman–Crippen LogP) is 3.87. The van der Waals surface area contributed by atoms with Crippen molar-refractivity contribution in [3.8, 4) is 0 Å². The molecule has 0 radical (unpaired) electrons. The minimum Gasteiger partial charge on any atom is -0.465 e. The molecule has 0 aliphatic rings. The molecule has 1 N–H and O–H groups in total. The zero-order chi connectivity index (χ0) is 16.6. The van der Waals surface area contributed by atoms with Crippen molar-refractivity contribution in [2.45, 2.75) is 53.6 Å². The molecule has 0 aliphatic carbocycles. The van der Waals surface area contributed by atoms with Gasteiger partial charge in [0, 0.05) is 5.56 Å². The first-order valence-electron chi connectivity index (χ1n) is 6.85. The largest absolute Gasteiger partial charge is 0.465 e. The maximum atomic E-state index is 11.7. The summed E-state index contributed by atoms with van der Waals surface area (Å²) in [5.74, 6) is -0.103. The predicted molar refractivity (Wildman–Crippen MR) is 84.0 cm³/mol. The van der Waals surface area contributed by atoms with Crippen molar-refractivity contribution in [1.82, 2.24) is 4.37 Å². The number of amides is 1. The van der Waals surface area contributed by atoms with Gasteiger partial charge >= 0.3 is 12.1 Å². The Balaban J connectivity index is 0.00000191. The van der Waals surface area contributed by atoms with Crippen molar-refractivity contribution in [1.29, 1.82) is 0 Å². The molecule has 1 heterocycles. The molecule has 0 saturated carbocycles. The second-order valence-corrected chi connectivity index (χ2v) is 5.58. The minimum atomic E-state index is -0.594. The third kappa shape index (κ3) is 6.12. The number of hydrogen-bond acceptors (Lipinski definition) is 6. The first-order valence-corrected chi connectivity index (χ1v) is 7.62. The van der Waals surface area contributed by atoms with E-state index in [9.17, 15) is 9.59 Å². The normalized spacial score (nSPS) is 10.2. The Hall–Kier alpha value is -1.63. The van der Waals surface area contributed by atoms with Gasteiger partial charge in [-0.15, -0.1) is 0 Å². The number of hydrogen-bond donors (Lipinski definition) is 1. The molecule has 1 aromatic rings. The zero-order valence-electron chi connectivity index (χ0n) is 13.7. The van der Waals surface area contributed by atoms with E-state index in [1.54, 1.807) is 20.8 Å². The lowest BCUT2D eigenvalue weighted by Crippen LogP contribution is -2.27. The number of nitrogens with one attached hydrogen (secondary N) is 1. The number of carbonyl (C=O) groups is 2. The Labute approximate surface area is 130 Å². The van der Waals surface area contributed by atoms with Gasteiger partial charge in [-0.3, -0.25) is 5.32 Å². The van der Waals surface area contributed by atoms with E-state index in [0.717, 1.165) is 11.5 Å². The molecule has 0 saturated heterocycles. The van der Waals surface area contributed by atoms with E-state index < -0.39 is 17.7 Å². The molecular weight excluding hydrogens is 292 g/mol. The van der Waals surface area contributed by atoms with E-state index in [-0.39, 0.29) is 0 Å². The van der Waals surface area contributed by atoms with E-state index >= 15 is 0 Å². The molecule has 0 aliphatic heterocycles. The molecule has 0 aromatic carbocycles. The fourth-order valence-corrected chi connectivity index (χ4v) is 2.24. The molecule has 1 amide bonds. The Morgan fingerprint density at radius 1 is 1.29 bits per heavy atom. The highest BCUT2D eigenvalue weighted by Crippen LogP contribution is 2.25. The fraction of sp³-hybridized carbons (Fsp3) is 0.643. The zero-order valence-corrected chi connectivity index (χ0v) is 14.5. The third-order valence-electron chi connectivity index (χ3n) is 2.13.